The zero-order valence-corrected chi connectivity index (χ0v) is 20.9. The van der Waals surface area contributed by atoms with Gasteiger partial charge in [0.15, 0.2) is 0 Å². The third-order valence-electron chi connectivity index (χ3n) is 6.45. The molecule has 2 atom stereocenters. The Morgan fingerprint density at radius 2 is 1.94 bits per heavy atom. The molecule has 0 bridgehead atoms. The standard InChI is InChI=1S/C26H39N3O2S/c1-20(2)13-15-28-24(30)16-23-17-32-19-29(23)25(31)12-8-9-14-26(18-27,21(3)4)22-10-6-5-7-11-22/h5-7,10-11,20-21,23H,8-9,12-17,19H2,1-4H3,(H,28,30)/t23-,26+/m1/s1. The Labute approximate surface area is 198 Å². The van der Waals surface area contributed by atoms with Crippen molar-refractivity contribution in [3.63, 3.8) is 0 Å². The molecule has 1 heterocycles. The van der Waals surface area contributed by atoms with Crippen molar-refractivity contribution in [2.24, 2.45) is 11.8 Å². The maximum atomic E-state index is 12.9. The molecule has 5 nitrogen and oxygen atoms in total. The summed E-state index contributed by atoms with van der Waals surface area (Å²) in [4.78, 5) is 27.0. The molecule has 1 aliphatic heterocycles. The van der Waals surface area contributed by atoms with Crippen LogP contribution < -0.4 is 5.32 Å². The molecule has 176 valence electrons. The lowest BCUT2D eigenvalue weighted by Crippen LogP contribution is -2.40. The number of nitrogens with zero attached hydrogens (tertiary/aromatic N) is 2. The number of unbranched alkanes of at least 4 members (excludes halogenated alkanes) is 1. The topological polar surface area (TPSA) is 73.2 Å². The third kappa shape index (κ3) is 7.27. The molecular formula is C26H39N3O2S. The molecule has 0 unspecified atom stereocenters. The Morgan fingerprint density at radius 3 is 2.56 bits per heavy atom. The van der Waals surface area contributed by atoms with Crippen molar-refractivity contribution in [3.8, 4) is 6.07 Å². The fourth-order valence-corrected chi connectivity index (χ4v) is 5.52. The first-order valence-corrected chi connectivity index (χ1v) is 13.1. The van der Waals surface area contributed by atoms with E-state index in [2.05, 4.69) is 39.1 Å². The maximum Gasteiger partial charge on any atom is 0.223 e. The van der Waals surface area contributed by atoms with Crippen molar-refractivity contribution < 1.29 is 9.59 Å². The minimum Gasteiger partial charge on any atom is -0.356 e. The van der Waals surface area contributed by atoms with Gasteiger partial charge in [0.2, 0.25) is 11.8 Å². The summed E-state index contributed by atoms with van der Waals surface area (Å²) in [5, 5.41) is 13.0. The van der Waals surface area contributed by atoms with Gasteiger partial charge in [-0.05, 0) is 36.7 Å². The molecule has 0 spiro atoms. The number of thioether (sulfide) groups is 1. The van der Waals surface area contributed by atoms with Gasteiger partial charge in [-0.3, -0.25) is 9.59 Å². The zero-order chi connectivity index (χ0) is 23.6. The first kappa shape index (κ1) is 26.3. The molecule has 1 fully saturated rings. The monoisotopic (exact) mass is 457 g/mol. The van der Waals surface area contributed by atoms with Crippen molar-refractivity contribution in [1.29, 1.82) is 5.26 Å². The number of carbonyl (C=O) groups is 2. The summed E-state index contributed by atoms with van der Waals surface area (Å²) < 4.78 is 0. The van der Waals surface area contributed by atoms with Crippen LogP contribution in [0.3, 0.4) is 0 Å². The van der Waals surface area contributed by atoms with Crippen LogP contribution in [-0.4, -0.2) is 40.9 Å². The van der Waals surface area contributed by atoms with Gasteiger partial charge in [0, 0.05) is 25.1 Å². The summed E-state index contributed by atoms with van der Waals surface area (Å²) in [6.07, 6.45) is 4.16. The number of hydrogen-bond donors (Lipinski definition) is 1. The average Bonchev–Trinajstić information content (AvgIpc) is 3.22. The Hall–Kier alpha value is -2.00. The summed E-state index contributed by atoms with van der Waals surface area (Å²) in [5.74, 6) is 2.41. The lowest BCUT2D eigenvalue weighted by Gasteiger charge is -2.31. The number of carbonyl (C=O) groups excluding carboxylic acids is 2. The highest BCUT2D eigenvalue weighted by Crippen LogP contribution is 2.37. The highest BCUT2D eigenvalue weighted by atomic mass is 32.2. The largest absolute Gasteiger partial charge is 0.356 e. The van der Waals surface area contributed by atoms with Crippen LogP contribution in [0.15, 0.2) is 30.3 Å². The van der Waals surface area contributed by atoms with Crippen molar-refractivity contribution in [3.05, 3.63) is 35.9 Å². The maximum absolute atomic E-state index is 12.9. The fourth-order valence-electron chi connectivity index (χ4n) is 4.29. The summed E-state index contributed by atoms with van der Waals surface area (Å²) in [5.41, 5.74) is 0.535. The van der Waals surface area contributed by atoms with Crippen LogP contribution in [0.4, 0.5) is 0 Å². The van der Waals surface area contributed by atoms with Crippen LogP contribution in [0.2, 0.25) is 0 Å². The number of benzene rings is 1. The average molecular weight is 458 g/mol. The van der Waals surface area contributed by atoms with E-state index in [1.54, 1.807) is 11.8 Å². The van der Waals surface area contributed by atoms with Crippen molar-refractivity contribution >= 4 is 23.6 Å². The van der Waals surface area contributed by atoms with Gasteiger partial charge in [0.05, 0.1) is 23.4 Å². The van der Waals surface area contributed by atoms with Crippen LogP contribution in [-0.2, 0) is 15.0 Å². The predicted molar refractivity (Wildman–Crippen MR) is 132 cm³/mol. The first-order chi connectivity index (χ1) is 15.3. The first-order valence-electron chi connectivity index (χ1n) is 11.9. The van der Waals surface area contributed by atoms with E-state index in [0.29, 0.717) is 31.2 Å². The highest BCUT2D eigenvalue weighted by Gasteiger charge is 2.35. The van der Waals surface area contributed by atoms with E-state index < -0.39 is 5.41 Å². The molecule has 6 heteroatoms. The van der Waals surface area contributed by atoms with Gasteiger partial charge in [0.1, 0.15) is 0 Å². The second-order valence-corrected chi connectivity index (χ2v) is 10.6. The lowest BCUT2D eigenvalue weighted by molar-refractivity contribution is -0.132. The van der Waals surface area contributed by atoms with Crippen molar-refractivity contribution in [1.82, 2.24) is 10.2 Å². The van der Waals surface area contributed by atoms with Crippen molar-refractivity contribution in [2.45, 2.75) is 77.7 Å². The molecule has 32 heavy (non-hydrogen) atoms. The zero-order valence-electron chi connectivity index (χ0n) is 20.1. The van der Waals surface area contributed by atoms with E-state index >= 15 is 0 Å². The number of nitrogens with one attached hydrogen (secondary N) is 1. The van der Waals surface area contributed by atoms with Crippen molar-refractivity contribution in [2.75, 3.05) is 18.2 Å². The van der Waals surface area contributed by atoms with Crippen LogP contribution in [0, 0.1) is 23.2 Å². The van der Waals surface area contributed by atoms with Gasteiger partial charge in [-0.2, -0.15) is 5.26 Å². The summed E-state index contributed by atoms with van der Waals surface area (Å²) in [7, 11) is 0. The molecule has 1 aromatic carbocycles. The normalized spacial score (nSPS) is 17.9. The minimum absolute atomic E-state index is 0.00951. The van der Waals surface area contributed by atoms with Crippen LogP contribution in [0.5, 0.6) is 0 Å². The van der Waals surface area contributed by atoms with Gasteiger partial charge in [0.25, 0.3) is 0 Å². The van der Waals surface area contributed by atoms with E-state index in [-0.39, 0.29) is 23.8 Å². The Bertz CT molecular complexity index is 775. The van der Waals surface area contributed by atoms with E-state index in [1.807, 2.05) is 35.2 Å². The summed E-state index contributed by atoms with van der Waals surface area (Å²) >= 11 is 1.72. The smallest absolute Gasteiger partial charge is 0.223 e. The molecule has 1 aliphatic rings. The predicted octanol–water partition coefficient (Wildman–Crippen LogP) is 5.12. The van der Waals surface area contributed by atoms with Gasteiger partial charge in [-0.25, -0.2) is 0 Å². The van der Waals surface area contributed by atoms with E-state index in [1.165, 1.54) is 0 Å². The molecule has 0 saturated carbocycles. The van der Waals surface area contributed by atoms with E-state index in [0.717, 1.165) is 37.0 Å². The highest BCUT2D eigenvalue weighted by molar-refractivity contribution is 7.99. The number of hydrogen-bond acceptors (Lipinski definition) is 4. The number of nitriles is 1. The second kappa shape index (κ2) is 12.9. The minimum atomic E-state index is -0.523. The van der Waals surface area contributed by atoms with Gasteiger partial charge >= 0.3 is 0 Å². The molecule has 1 saturated heterocycles. The third-order valence-corrected chi connectivity index (χ3v) is 7.53. The Morgan fingerprint density at radius 1 is 1.22 bits per heavy atom. The SMILES string of the molecule is CC(C)CCNC(=O)C[C@@H]1CSCN1C(=O)CCCC[C@@](C#N)(c1ccccc1)C(C)C. The van der Waals surface area contributed by atoms with Gasteiger partial charge < -0.3 is 10.2 Å². The van der Waals surface area contributed by atoms with E-state index in [4.69, 9.17) is 0 Å². The molecule has 2 rings (SSSR count). The van der Waals surface area contributed by atoms with Gasteiger partial charge in [-0.1, -0.05) is 64.4 Å². The van der Waals surface area contributed by atoms with Crippen LogP contribution in [0.25, 0.3) is 0 Å². The summed E-state index contributed by atoms with van der Waals surface area (Å²) in [6, 6.07) is 12.6. The molecule has 2 amide bonds. The Balaban J connectivity index is 1.83. The van der Waals surface area contributed by atoms with Crippen LogP contribution in [0.1, 0.15) is 71.8 Å². The molecule has 1 aromatic rings. The molecule has 0 radical (unpaired) electrons. The van der Waals surface area contributed by atoms with Crippen LogP contribution >= 0.6 is 11.8 Å². The Kier molecular flexibility index (Phi) is 10.6. The van der Waals surface area contributed by atoms with E-state index in [9.17, 15) is 14.9 Å². The fraction of sp³-hybridized carbons (Fsp3) is 0.654. The molecule has 0 aliphatic carbocycles. The molecule has 1 N–H and O–H groups in total. The summed E-state index contributed by atoms with van der Waals surface area (Å²) in [6.45, 7) is 9.17. The number of amides is 2. The number of rotatable bonds is 12. The lowest BCUT2D eigenvalue weighted by atomic mass is 9.69. The molecule has 0 aromatic heterocycles. The second-order valence-electron chi connectivity index (χ2n) is 9.56. The van der Waals surface area contributed by atoms with Gasteiger partial charge in [-0.15, -0.1) is 11.8 Å². The molecular weight excluding hydrogens is 418 g/mol. The quantitative estimate of drug-likeness (QED) is 0.442.